The molecule has 1 aromatic heterocycles. The number of nitrogens with zero attached hydrogens (tertiary/aromatic N) is 2. The number of para-hydroxylation sites is 1. The van der Waals surface area contributed by atoms with Crippen molar-refractivity contribution < 1.29 is 19.7 Å². The Kier molecular flexibility index (Phi) is 4.10. The van der Waals surface area contributed by atoms with Gasteiger partial charge in [0.1, 0.15) is 11.7 Å². The number of hydrogen-bond acceptors (Lipinski definition) is 4. The molecule has 2 saturated heterocycles. The van der Waals surface area contributed by atoms with Gasteiger partial charge in [-0.15, -0.1) is 0 Å². The second-order valence-corrected chi connectivity index (χ2v) is 7.89. The fourth-order valence-corrected chi connectivity index (χ4v) is 4.43. The molecule has 0 saturated carbocycles. The zero-order valence-corrected chi connectivity index (χ0v) is 15.3. The van der Waals surface area contributed by atoms with Crippen molar-refractivity contribution in [3.63, 3.8) is 0 Å². The molecule has 1 aromatic carbocycles. The van der Waals surface area contributed by atoms with Gasteiger partial charge in [0, 0.05) is 43.7 Å². The summed E-state index contributed by atoms with van der Waals surface area (Å²) in [6.45, 7) is 3.11. The molecule has 3 heterocycles. The van der Waals surface area contributed by atoms with Gasteiger partial charge in [-0.2, -0.15) is 0 Å². The van der Waals surface area contributed by atoms with E-state index < -0.39 is 17.3 Å². The van der Waals surface area contributed by atoms with Crippen molar-refractivity contribution >= 4 is 16.8 Å². The van der Waals surface area contributed by atoms with E-state index in [1.54, 1.807) is 6.92 Å². The second kappa shape index (κ2) is 6.08. The number of aliphatic hydroxyl groups excluding tert-OH is 1. The molecule has 2 aliphatic heterocycles. The SMILES string of the molecule is Cn1cc(C(=O)N2CCC3(CC2)OCC[C@@](C)(O)[C@@H]3O)c2ccccc21. The smallest absolute Gasteiger partial charge is 0.256 e. The van der Waals surface area contributed by atoms with Crippen LogP contribution in [0.5, 0.6) is 0 Å². The van der Waals surface area contributed by atoms with E-state index in [9.17, 15) is 15.0 Å². The number of piperidine rings is 1. The first-order chi connectivity index (χ1) is 12.3. The van der Waals surface area contributed by atoms with Gasteiger partial charge >= 0.3 is 0 Å². The number of fused-ring (bicyclic) bond motifs is 1. The van der Waals surface area contributed by atoms with Gasteiger partial charge in [-0.25, -0.2) is 0 Å². The molecule has 4 rings (SSSR count). The van der Waals surface area contributed by atoms with Crippen molar-refractivity contribution in [2.24, 2.45) is 7.05 Å². The van der Waals surface area contributed by atoms with Crippen molar-refractivity contribution in [3.8, 4) is 0 Å². The number of carbonyl (C=O) groups is 1. The van der Waals surface area contributed by atoms with Gasteiger partial charge in [0.15, 0.2) is 0 Å². The summed E-state index contributed by atoms with van der Waals surface area (Å²) >= 11 is 0. The minimum Gasteiger partial charge on any atom is -0.387 e. The monoisotopic (exact) mass is 358 g/mol. The summed E-state index contributed by atoms with van der Waals surface area (Å²) in [5.41, 5.74) is -0.153. The Morgan fingerprint density at radius 2 is 1.92 bits per heavy atom. The Labute approximate surface area is 153 Å². The van der Waals surface area contributed by atoms with Crippen molar-refractivity contribution in [2.45, 2.75) is 43.5 Å². The molecule has 2 atom stereocenters. The van der Waals surface area contributed by atoms with Gasteiger partial charge in [-0.1, -0.05) is 18.2 Å². The average Bonchev–Trinajstić information content (AvgIpc) is 2.97. The first-order valence-corrected chi connectivity index (χ1v) is 9.22. The maximum Gasteiger partial charge on any atom is 0.256 e. The van der Waals surface area contributed by atoms with Gasteiger partial charge in [0.25, 0.3) is 5.91 Å². The summed E-state index contributed by atoms with van der Waals surface area (Å²) in [6.07, 6.45) is 2.43. The number of aliphatic hydroxyl groups is 2. The van der Waals surface area contributed by atoms with Gasteiger partial charge in [0.05, 0.1) is 17.8 Å². The lowest BCUT2D eigenvalue weighted by molar-refractivity contribution is -0.244. The molecule has 26 heavy (non-hydrogen) atoms. The fourth-order valence-electron chi connectivity index (χ4n) is 4.43. The molecule has 2 N–H and O–H groups in total. The quantitative estimate of drug-likeness (QED) is 0.813. The van der Waals surface area contributed by atoms with E-state index in [1.807, 2.05) is 47.0 Å². The number of hydrogen-bond donors (Lipinski definition) is 2. The summed E-state index contributed by atoms with van der Waals surface area (Å²) in [5.74, 6) is 0.00806. The zero-order chi connectivity index (χ0) is 18.5. The molecule has 0 aliphatic carbocycles. The molecule has 6 heteroatoms. The zero-order valence-electron chi connectivity index (χ0n) is 15.3. The van der Waals surface area contributed by atoms with Gasteiger partial charge in [-0.05, 0) is 25.8 Å². The van der Waals surface area contributed by atoms with E-state index in [0.29, 0.717) is 44.5 Å². The summed E-state index contributed by atoms with van der Waals surface area (Å²) in [5, 5.41) is 22.0. The molecule has 140 valence electrons. The van der Waals surface area contributed by atoms with Crippen molar-refractivity contribution in [1.82, 2.24) is 9.47 Å². The predicted octanol–water partition coefficient (Wildman–Crippen LogP) is 1.69. The highest BCUT2D eigenvalue weighted by atomic mass is 16.5. The first-order valence-electron chi connectivity index (χ1n) is 9.22. The molecule has 2 aliphatic rings. The van der Waals surface area contributed by atoms with E-state index in [2.05, 4.69) is 0 Å². The molecular formula is C20H26N2O4. The molecule has 1 spiro atoms. The Bertz CT molecular complexity index is 833. The normalized spacial score (nSPS) is 28.6. The number of likely N-dealkylation sites (tertiary alicyclic amines) is 1. The highest BCUT2D eigenvalue weighted by Crippen LogP contribution is 2.40. The van der Waals surface area contributed by atoms with Crippen molar-refractivity contribution in [3.05, 3.63) is 36.0 Å². The summed E-state index contributed by atoms with van der Waals surface area (Å²) in [7, 11) is 1.94. The number of rotatable bonds is 1. The molecule has 6 nitrogen and oxygen atoms in total. The first kappa shape index (κ1) is 17.5. The molecule has 2 aromatic rings. The van der Waals surface area contributed by atoms with Crippen LogP contribution in [0.25, 0.3) is 10.9 Å². The standard InChI is InChI=1S/C20H26N2O4/c1-19(25)9-12-26-20(18(19)24)7-10-22(11-8-20)17(23)15-13-21(2)16-6-4-3-5-14(15)16/h3-6,13,18,24-25H,7-12H2,1-2H3/t18-,19+/m0/s1. The van der Waals surface area contributed by atoms with E-state index in [-0.39, 0.29) is 5.91 Å². The molecule has 0 radical (unpaired) electrons. The number of ether oxygens (including phenoxy) is 1. The molecule has 0 unspecified atom stereocenters. The van der Waals surface area contributed by atoms with Crippen LogP contribution in [0.4, 0.5) is 0 Å². The van der Waals surface area contributed by atoms with Crippen LogP contribution < -0.4 is 0 Å². The lowest BCUT2D eigenvalue weighted by Gasteiger charge is -2.51. The van der Waals surface area contributed by atoms with Gasteiger partial charge in [0.2, 0.25) is 0 Å². The van der Waals surface area contributed by atoms with Crippen molar-refractivity contribution in [1.29, 1.82) is 0 Å². The van der Waals surface area contributed by atoms with Crippen LogP contribution in [0.2, 0.25) is 0 Å². The number of benzene rings is 1. The summed E-state index contributed by atoms with van der Waals surface area (Å²) < 4.78 is 7.88. The lowest BCUT2D eigenvalue weighted by Crippen LogP contribution is -2.64. The van der Waals surface area contributed by atoms with Crippen LogP contribution >= 0.6 is 0 Å². The lowest BCUT2D eigenvalue weighted by atomic mass is 9.75. The number of aryl methyl sites for hydroxylation is 1. The fraction of sp³-hybridized carbons (Fsp3) is 0.550. The van der Waals surface area contributed by atoms with E-state index >= 15 is 0 Å². The van der Waals surface area contributed by atoms with Crippen molar-refractivity contribution in [2.75, 3.05) is 19.7 Å². The third-order valence-electron chi connectivity index (χ3n) is 6.11. The maximum atomic E-state index is 13.1. The number of amides is 1. The van der Waals surface area contributed by atoms with Crippen LogP contribution in [-0.2, 0) is 11.8 Å². The van der Waals surface area contributed by atoms with Crippen LogP contribution in [0.15, 0.2) is 30.5 Å². The second-order valence-electron chi connectivity index (χ2n) is 7.89. The third kappa shape index (κ3) is 2.64. The largest absolute Gasteiger partial charge is 0.387 e. The highest BCUT2D eigenvalue weighted by molar-refractivity contribution is 6.07. The topological polar surface area (TPSA) is 74.9 Å². The van der Waals surface area contributed by atoms with E-state index in [1.165, 1.54) is 0 Å². The molecule has 0 bridgehead atoms. The maximum absolute atomic E-state index is 13.1. The van der Waals surface area contributed by atoms with Crippen LogP contribution in [0.1, 0.15) is 36.5 Å². The Balaban J connectivity index is 1.54. The van der Waals surface area contributed by atoms with Crippen LogP contribution in [0.3, 0.4) is 0 Å². The molecular weight excluding hydrogens is 332 g/mol. The average molecular weight is 358 g/mol. The molecule has 2 fully saturated rings. The number of carbonyl (C=O) groups excluding carboxylic acids is 1. The predicted molar refractivity (Wildman–Crippen MR) is 98.0 cm³/mol. The van der Waals surface area contributed by atoms with Gasteiger partial charge in [-0.3, -0.25) is 4.79 Å². The van der Waals surface area contributed by atoms with Crippen LogP contribution in [0, 0.1) is 0 Å². The highest BCUT2D eigenvalue weighted by Gasteiger charge is 2.53. The Morgan fingerprint density at radius 3 is 2.65 bits per heavy atom. The Hall–Kier alpha value is -1.89. The van der Waals surface area contributed by atoms with E-state index in [0.717, 1.165) is 10.9 Å². The van der Waals surface area contributed by atoms with Gasteiger partial charge < -0.3 is 24.4 Å². The summed E-state index contributed by atoms with van der Waals surface area (Å²) in [4.78, 5) is 14.9. The molecule has 1 amide bonds. The number of aromatic nitrogens is 1. The minimum atomic E-state index is -1.14. The Morgan fingerprint density at radius 1 is 1.23 bits per heavy atom. The van der Waals surface area contributed by atoms with Crippen LogP contribution in [-0.4, -0.2) is 62.6 Å². The van der Waals surface area contributed by atoms with E-state index in [4.69, 9.17) is 4.74 Å². The minimum absolute atomic E-state index is 0.00806. The third-order valence-corrected chi connectivity index (χ3v) is 6.11. The summed E-state index contributed by atoms with van der Waals surface area (Å²) in [6, 6.07) is 7.89.